The number of nitrogens with one attached hydrogen (secondary N) is 1. The second kappa shape index (κ2) is 5.09. The molecule has 0 aromatic heterocycles. The average Bonchev–Trinajstić information content (AvgIpc) is 3.01. The van der Waals surface area contributed by atoms with Gasteiger partial charge in [0.25, 0.3) is 0 Å². The first-order chi connectivity index (χ1) is 9.56. The van der Waals surface area contributed by atoms with E-state index in [9.17, 15) is 14.7 Å². The van der Waals surface area contributed by atoms with Crippen LogP contribution in [0.15, 0.2) is 24.3 Å². The van der Waals surface area contributed by atoms with Crippen LogP contribution in [0.4, 0.5) is 5.69 Å². The second-order valence-electron chi connectivity index (χ2n) is 5.70. The number of fused-ring (bicyclic) bond motifs is 2. The largest absolute Gasteiger partial charge is 0.550 e. The standard InChI is InChI=1S/C15H16ClNO3/c16-10-3-5-11(6-4-10)17-14(18)12-8-1-2-9(7-8)13(12)15(19)20/h3-6,8-9,12-13H,1-2,7H2,(H,17,18)(H,19,20)/p-1/t8-,9-,12-,13-/m0/s1. The van der Waals surface area contributed by atoms with E-state index in [2.05, 4.69) is 5.32 Å². The number of anilines is 1. The van der Waals surface area contributed by atoms with Crippen molar-refractivity contribution >= 4 is 29.2 Å². The highest BCUT2D eigenvalue weighted by molar-refractivity contribution is 6.30. The van der Waals surface area contributed by atoms with Crippen LogP contribution in [0.25, 0.3) is 0 Å². The topological polar surface area (TPSA) is 69.2 Å². The van der Waals surface area contributed by atoms with Crippen molar-refractivity contribution in [2.24, 2.45) is 23.7 Å². The minimum Gasteiger partial charge on any atom is -0.550 e. The highest BCUT2D eigenvalue weighted by Gasteiger charge is 2.51. The number of carboxylic acids is 1. The summed E-state index contributed by atoms with van der Waals surface area (Å²) in [5.41, 5.74) is 0.638. The molecule has 4 nitrogen and oxygen atoms in total. The third-order valence-electron chi connectivity index (χ3n) is 4.60. The van der Waals surface area contributed by atoms with Gasteiger partial charge in [0.2, 0.25) is 5.91 Å². The van der Waals surface area contributed by atoms with Gasteiger partial charge in [-0.3, -0.25) is 4.79 Å². The molecule has 5 heteroatoms. The summed E-state index contributed by atoms with van der Waals surface area (Å²) in [7, 11) is 0. The van der Waals surface area contributed by atoms with Crippen molar-refractivity contribution in [2.75, 3.05) is 5.32 Å². The normalized spacial score (nSPS) is 31.2. The van der Waals surface area contributed by atoms with Gasteiger partial charge in [0, 0.05) is 28.5 Å². The fraction of sp³-hybridized carbons (Fsp3) is 0.467. The Hall–Kier alpha value is -1.55. The van der Waals surface area contributed by atoms with Crippen LogP contribution >= 0.6 is 11.6 Å². The number of halogens is 1. The molecule has 2 aliphatic carbocycles. The number of carbonyl (C=O) groups excluding carboxylic acids is 2. The third-order valence-corrected chi connectivity index (χ3v) is 4.86. The van der Waals surface area contributed by atoms with Crippen LogP contribution in [0.1, 0.15) is 19.3 Å². The van der Waals surface area contributed by atoms with Crippen LogP contribution in [0.5, 0.6) is 0 Å². The van der Waals surface area contributed by atoms with E-state index in [1.807, 2.05) is 0 Å². The molecule has 2 aliphatic rings. The van der Waals surface area contributed by atoms with E-state index < -0.39 is 17.8 Å². The first kappa shape index (κ1) is 13.4. The summed E-state index contributed by atoms with van der Waals surface area (Å²) in [6.07, 6.45) is 2.67. The Balaban J connectivity index is 1.76. The van der Waals surface area contributed by atoms with Crippen molar-refractivity contribution in [2.45, 2.75) is 19.3 Å². The van der Waals surface area contributed by atoms with Crippen LogP contribution in [0.3, 0.4) is 0 Å². The van der Waals surface area contributed by atoms with Crippen LogP contribution in [-0.2, 0) is 9.59 Å². The molecule has 1 amide bonds. The molecule has 0 heterocycles. The van der Waals surface area contributed by atoms with E-state index in [1.165, 1.54) is 0 Å². The van der Waals surface area contributed by atoms with Gasteiger partial charge in [-0.1, -0.05) is 11.6 Å². The van der Waals surface area contributed by atoms with E-state index >= 15 is 0 Å². The van der Waals surface area contributed by atoms with Gasteiger partial charge in [-0.15, -0.1) is 0 Å². The number of carboxylic acid groups (broad SMARTS) is 1. The first-order valence-electron chi connectivity index (χ1n) is 6.83. The molecule has 1 N–H and O–H groups in total. The van der Waals surface area contributed by atoms with Gasteiger partial charge in [-0.2, -0.15) is 0 Å². The molecule has 2 saturated carbocycles. The number of carbonyl (C=O) groups is 2. The Labute approximate surface area is 122 Å². The van der Waals surface area contributed by atoms with Gasteiger partial charge in [-0.05, 0) is 55.4 Å². The SMILES string of the molecule is O=C([O-])[C@H]1[C@H]2CC[C@@H](C2)[C@@H]1C(=O)Nc1ccc(Cl)cc1. The molecule has 1 aromatic carbocycles. The van der Waals surface area contributed by atoms with Crippen molar-refractivity contribution in [1.82, 2.24) is 0 Å². The monoisotopic (exact) mass is 292 g/mol. The number of amides is 1. The lowest BCUT2D eigenvalue weighted by atomic mass is 9.78. The van der Waals surface area contributed by atoms with Gasteiger partial charge in [0.15, 0.2) is 0 Å². The van der Waals surface area contributed by atoms with E-state index in [-0.39, 0.29) is 17.7 Å². The number of aliphatic carboxylic acids is 1. The van der Waals surface area contributed by atoms with Crippen molar-refractivity contribution in [1.29, 1.82) is 0 Å². The summed E-state index contributed by atoms with van der Waals surface area (Å²) in [6, 6.07) is 6.80. The highest BCUT2D eigenvalue weighted by Crippen LogP contribution is 2.52. The average molecular weight is 293 g/mol. The zero-order chi connectivity index (χ0) is 14.3. The molecule has 0 unspecified atom stereocenters. The van der Waals surface area contributed by atoms with E-state index in [0.717, 1.165) is 19.3 Å². The molecular formula is C15H15ClNO3-. The second-order valence-corrected chi connectivity index (χ2v) is 6.14. The molecule has 0 radical (unpaired) electrons. The lowest BCUT2D eigenvalue weighted by Gasteiger charge is -2.30. The zero-order valence-corrected chi connectivity index (χ0v) is 11.6. The maximum absolute atomic E-state index is 12.4. The van der Waals surface area contributed by atoms with Gasteiger partial charge in [0.1, 0.15) is 0 Å². The molecule has 3 rings (SSSR count). The predicted molar refractivity (Wildman–Crippen MR) is 72.9 cm³/mol. The lowest BCUT2D eigenvalue weighted by Crippen LogP contribution is -2.43. The van der Waals surface area contributed by atoms with Crippen LogP contribution in [0.2, 0.25) is 5.02 Å². The van der Waals surface area contributed by atoms with E-state index in [1.54, 1.807) is 24.3 Å². The Kier molecular flexibility index (Phi) is 3.42. The summed E-state index contributed by atoms with van der Waals surface area (Å²) in [5, 5.41) is 14.7. The fourth-order valence-corrected chi connectivity index (χ4v) is 3.89. The first-order valence-corrected chi connectivity index (χ1v) is 7.21. The van der Waals surface area contributed by atoms with Crippen molar-refractivity contribution < 1.29 is 14.7 Å². The van der Waals surface area contributed by atoms with Crippen molar-refractivity contribution in [3.63, 3.8) is 0 Å². The predicted octanol–water partition coefficient (Wildman–Crippen LogP) is 1.69. The quantitative estimate of drug-likeness (QED) is 0.922. The Bertz CT molecular complexity index is 543. The number of rotatable bonds is 3. The molecule has 4 atom stereocenters. The highest BCUT2D eigenvalue weighted by atomic mass is 35.5. The molecule has 2 bridgehead atoms. The third kappa shape index (κ3) is 2.29. The summed E-state index contributed by atoms with van der Waals surface area (Å²) in [5.74, 6) is -2.13. The molecule has 106 valence electrons. The molecule has 1 aromatic rings. The Morgan fingerprint density at radius 2 is 1.70 bits per heavy atom. The molecule has 0 saturated heterocycles. The van der Waals surface area contributed by atoms with Crippen molar-refractivity contribution in [3.8, 4) is 0 Å². The van der Waals surface area contributed by atoms with E-state index in [4.69, 9.17) is 11.6 Å². The summed E-state index contributed by atoms with van der Waals surface area (Å²) in [6.45, 7) is 0. The minimum absolute atomic E-state index is 0.103. The maximum atomic E-state index is 12.4. The minimum atomic E-state index is -1.09. The Morgan fingerprint density at radius 3 is 2.30 bits per heavy atom. The fourth-order valence-electron chi connectivity index (χ4n) is 3.77. The number of hydrogen-bond donors (Lipinski definition) is 1. The lowest BCUT2D eigenvalue weighted by molar-refractivity contribution is -0.314. The van der Waals surface area contributed by atoms with E-state index in [0.29, 0.717) is 10.7 Å². The molecule has 0 spiro atoms. The molecule has 20 heavy (non-hydrogen) atoms. The van der Waals surface area contributed by atoms with Gasteiger partial charge >= 0.3 is 0 Å². The summed E-state index contributed by atoms with van der Waals surface area (Å²) < 4.78 is 0. The Morgan fingerprint density at radius 1 is 1.10 bits per heavy atom. The van der Waals surface area contributed by atoms with Crippen LogP contribution < -0.4 is 10.4 Å². The summed E-state index contributed by atoms with van der Waals surface area (Å²) >= 11 is 5.79. The van der Waals surface area contributed by atoms with Crippen LogP contribution in [-0.4, -0.2) is 11.9 Å². The van der Waals surface area contributed by atoms with Crippen molar-refractivity contribution in [3.05, 3.63) is 29.3 Å². The molecular weight excluding hydrogens is 278 g/mol. The maximum Gasteiger partial charge on any atom is 0.228 e. The van der Waals surface area contributed by atoms with Gasteiger partial charge in [-0.25, -0.2) is 0 Å². The van der Waals surface area contributed by atoms with Gasteiger partial charge in [0.05, 0.1) is 0 Å². The molecule has 2 fully saturated rings. The zero-order valence-electron chi connectivity index (χ0n) is 10.8. The van der Waals surface area contributed by atoms with Crippen LogP contribution in [0, 0.1) is 23.7 Å². The van der Waals surface area contributed by atoms with Gasteiger partial charge < -0.3 is 15.2 Å². The molecule has 0 aliphatic heterocycles. The summed E-state index contributed by atoms with van der Waals surface area (Å²) in [4.78, 5) is 23.7. The smallest absolute Gasteiger partial charge is 0.228 e. The number of hydrogen-bond acceptors (Lipinski definition) is 3. The number of benzene rings is 1.